The normalized spacial score (nSPS) is 23.7. The van der Waals surface area contributed by atoms with E-state index in [1.54, 1.807) is 52.2 Å². The Morgan fingerprint density at radius 2 is 1.83 bits per heavy atom. The van der Waals surface area contributed by atoms with Crippen molar-refractivity contribution in [3.8, 4) is 5.75 Å². The number of rotatable bonds is 3. The van der Waals surface area contributed by atoms with Crippen molar-refractivity contribution >= 4 is 11.7 Å². The first kappa shape index (κ1) is 18.9. The van der Waals surface area contributed by atoms with Gasteiger partial charge in [0.25, 0.3) is 5.91 Å². The summed E-state index contributed by atoms with van der Waals surface area (Å²) < 4.78 is 44.2. The van der Waals surface area contributed by atoms with Crippen molar-refractivity contribution in [2.45, 2.75) is 25.1 Å². The van der Waals surface area contributed by atoms with Gasteiger partial charge in [0.15, 0.2) is 0 Å². The minimum absolute atomic E-state index is 0.00445. The van der Waals surface area contributed by atoms with Crippen LogP contribution >= 0.6 is 0 Å². The summed E-state index contributed by atoms with van der Waals surface area (Å²) in [7, 11) is 0. The molecule has 0 spiro atoms. The summed E-state index contributed by atoms with van der Waals surface area (Å²) in [5, 5.41) is 0. The molecule has 0 radical (unpaired) electrons. The van der Waals surface area contributed by atoms with Gasteiger partial charge in [0, 0.05) is 31.7 Å². The zero-order valence-electron chi connectivity index (χ0n) is 15.9. The molecule has 0 unspecified atom stereocenters. The van der Waals surface area contributed by atoms with Crippen molar-refractivity contribution in [2.24, 2.45) is 11.8 Å². The lowest BCUT2D eigenvalue weighted by atomic mass is 9.95. The highest BCUT2D eigenvalue weighted by atomic mass is 19.4. The van der Waals surface area contributed by atoms with E-state index in [0.29, 0.717) is 30.1 Å². The monoisotopic (exact) mass is 416 g/mol. The molecule has 1 saturated heterocycles. The minimum Gasteiger partial charge on any atom is -0.405 e. The smallest absolute Gasteiger partial charge is 0.405 e. The minimum atomic E-state index is -4.71. The molecule has 3 aromatic rings. The van der Waals surface area contributed by atoms with E-state index in [0.717, 1.165) is 12.8 Å². The second kappa shape index (κ2) is 7.00. The lowest BCUT2D eigenvalue weighted by Crippen LogP contribution is -2.30. The van der Waals surface area contributed by atoms with E-state index < -0.39 is 6.36 Å². The van der Waals surface area contributed by atoms with Crippen molar-refractivity contribution in [2.75, 3.05) is 13.1 Å². The number of benzene rings is 1. The molecule has 2 aromatic heterocycles. The molecule has 156 valence electrons. The Morgan fingerprint density at radius 3 is 2.53 bits per heavy atom. The number of amides is 1. The summed E-state index contributed by atoms with van der Waals surface area (Å²) in [6.45, 7) is 1.17. The van der Waals surface area contributed by atoms with Gasteiger partial charge in [0.1, 0.15) is 11.4 Å². The number of ether oxygens (including phenoxy) is 1. The van der Waals surface area contributed by atoms with Crippen LogP contribution in [-0.2, 0) is 0 Å². The second-order valence-corrected chi connectivity index (χ2v) is 7.94. The van der Waals surface area contributed by atoms with Crippen LogP contribution in [0.4, 0.5) is 13.2 Å². The van der Waals surface area contributed by atoms with Gasteiger partial charge in [0.05, 0.1) is 0 Å². The number of carbonyl (C=O) groups excluding carboxylic acids is 1. The number of hydrogen-bond donors (Lipinski definition) is 0. The molecule has 1 amide bonds. The van der Waals surface area contributed by atoms with Crippen LogP contribution in [0.5, 0.6) is 5.75 Å². The van der Waals surface area contributed by atoms with Gasteiger partial charge in [-0.2, -0.15) is 0 Å². The Balaban J connectivity index is 1.28. The van der Waals surface area contributed by atoms with Crippen LogP contribution < -0.4 is 4.74 Å². The Hall–Kier alpha value is -3.10. The summed E-state index contributed by atoms with van der Waals surface area (Å²) >= 11 is 0. The predicted octanol–water partition coefficient (Wildman–Crippen LogP) is 3.89. The molecule has 1 aliphatic carbocycles. The molecule has 1 saturated carbocycles. The maximum absolute atomic E-state index is 12.9. The fraction of sp³-hybridized carbons (Fsp3) is 0.381. The van der Waals surface area contributed by atoms with E-state index >= 15 is 0 Å². The number of imidazole rings is 1. The Kier molecular flexibility index (Phi) is 4.41. The third-order valence-electron chi connectivity index (χ3n) is 6.08. The van der Waals surface area contributed by atoms with Crippen molar-refractivity contribution in [3.63, 3.8) is 0 Å². The van der Waals surface area contributed by atoms with Crippen LogP contribution in [0.1, 0.15) is 34.8 Å². The maximum atomic E-state index is 12.9. The van der Waals surface area contributed by atoms with Gasteiger partial charge in [-0.1, -0.05) is 18.2 Å². The van der Waals surface area contributed by atoms with Gasteiger partial charge in [-0.05, 0) is 48.3 Å². The molecule has 5 rings (SSSR count). The lowest BCUT2D eigenvalue weighted by Gasteiger charge is -2.20. The first-order valence-corrected chi connectivity index (χ1v) is 9.81. The number of para-hydroxylation sites is 1. The second-order valence-electron chi connectivity index (χ2n) is 7.94. The van der Waals surface area contributed by atoms with E-state index in [1.165, 1.54) is 6.07 Å². The summed E-state index contributed by atoms with van der Waals surface area (Å²) in [5.41, 5.74) is 0.947. The van der Waals surface area contributed by atoms with Crippen molar-refractivity contribution < 1.29 is 22.7 Å². The van der Waals surface area contributed by atoms with E-state index in [-0.39, 0.29) is 29.4 Å². The zero-order chi connectivity index (χ0) is 20.9. The maximum Gasteiger partial charge on any atom is 0.573 e. The third-order valence-corrected chi connectivity index (χ3v) is 6.08. The number of likely N-dealkylation sites (tertiary alicyclic amines) is 1. The van der Waals surface area contributed by atoms with Crippen LogP contribution in [0.3, 0.4) is 0 Å². The molecular weight excluding hydrogens is 397 g/mol. The Bertz CT molecular complexity index is 1050. The van der Waals surface area contributed by atoms with E-state index in [1.807, 2.05) is 0 Å². The number of fused-ring (bicyclic) bond motifs is 2. The number of nitrogens with zero attached hydrogens (tertiary/aromatic N) is 4. The standard InChI is InChI=1S/C21H19F3N4O2/c22-21(23,24)30-18-5-2-1-4-16(18)13-8-14-10-28(11-15(14)9-13)19(29)17-12-27-7-3-6-25-20(27)26-17/h1-7,12-15H,8-11H2/t13-,14-,15+. The molecular formula is C21H19F3N4O2. The summed E-state index contributed by atoms with van der Waals surface area (Å²) in [5.74, 6) is 0.727. The third kappa shape index (κ3) is 3.48. The fourth-order valence-electron chi connectivity index (χ4n) is 4.85. The van der Waals surface area contributed by atoms with Gasteiger partial charge in [-0.25, -0.2) is 9.97 Å². The molecule has 3 heterocycles. The highest BCUT2D eigenvalue weighted by Crippen LogP contribution is 2.48. The number of aromatic nitrogens is 3. The fourth-order valence-corrected chi connectivity index (χ4v) is 4.85. The number of hydrogen-bond acceptors (Lipinski definition) is 4. The Labute approximate surface area is 170 Å². The molecule has 3 atom stereocenters. The molecule has 6 nitrogen and oxygen atoms in total. The van der Waals surface area contributed by atoms with E-state index in [9.17, 15) is 18.0 Å². The number of halogens is 3. The molecule has 1 aromatic carbocycles. The zero-order valence-corrected chi connectivity index (χ0v) is 15.9. The lowest BCUT2D eigenvalue weighted by molar-refractivity contribution is -0.275. The van der Waals surface area contributed by atoms with Gasteiger partial charge >= 0.3 is 6.36 Å². The first-order valence-electron chi connectivity index (χ1n) is 9.81. The summed E-state index contributed by atoms with van der Waals surface area (Å²) in [6.07, 6.45) is 1.84. The number of alkyl halides is 3. The predicted molar refractivity (Wildman–Crippen MR) is 101 cm³/mol. The largest absolute Gasteiger partial charge is 0.573 e. The first-order chi connectivity index (χ1) is 14.4. The van der Waals surface area contributed by atoms with Gasteiger partial charge in [0.2, 0.25) is 5.78 Å². The highest BCUT2D eigenvalue weighted by Gasteiger charge is 2.44. The van der Waals surface area contributed by atoms with Gasteiger partial charge in [-0.15, -0.1) is 13.2 Å². The molecule has 2 aliphatic rings. The molecule has 0 N–H and O–H groups in total. The van der Waals surface area contributed by atoms with Crippen LogP contribution in [0.15, 0.2) is 48.9 Å². The van der Waals surface area contributed by atoms with E-state index in [4.69, 9.17) is 0 Å². The number of carbonyl (C=O) groups is 1. The Morgan fingerprint density at radius 1 is 1.10 bits per heavy atom. The SMILES string of the molecule is O=C(c1cn2cccnc2n1)N1C[C@H]2C[C@@H](c3ccccc3OC(F)(F)F)C[C@H]2C1. The highest BCUT2D eigenvalue weighted by molar-refractivity contribution is 5.93. The van der Waals surface area contributed by atoms with Crippen LogP contribution in [0.2, 0.25) is 0 Å². The van der Waals surface area contributed by atoms with Crippen LogP contribution in [-0.4, -0.2) is 44.6 Å². The van der Waals surface area contributed by atoms with Crippen LogP contribution in [0, 0.1) is 11.8 Å². The molecule has 9 heteroatoms. The average Bonchev–Trinajstić information content (AvgIpc) is 3.39. The molecule has 1 aliphatic heterocycles. The van der Waals surface area contributed by atoms with Crippen molar-refractivity contribution in [3.05, 3.63) is 60.2 Å². The molecule has 30 heavy (non-hydrogen) atoms. The van der Waals surface area contributed by atoms with Gasteiger partial charge < -0.3 is 9.64 Å². The molecule has 2 fully saturated rings. The van der Waals surface area contributed by atoms with Crippen molar-refractivity contribution in [1.82, 2.24) is 19.3 Å². The topological polar surface area (TPSA) is 59.7 Å². The quantitative estimate of drug-likeness (QED) is 0.650. The van der Waals surface area contributed by atoms with Crippen molar-refractivity contribution in [1.29, 1.82) is 0 Å². The van der Waals surface area contributed by atoms with Gasteiger partial charge in [-0.3, -0.25) is 9.20 Å². The summed E-state index contributed by atoms with van der Waals surface area (Å²) in [4.78, 5) is 23.1. The van der Waals surface area contributed by atoms with E-state index in [2.05, 4.69) is 14.7 Å². The molecule has 0 bridgehead atoms. The van der Waals surface area contributed by atoms with Crippen LogP contribution in [0.25, 0.3) is 5.78 Å². The average molecular weight is 416 g/mol. The summed E-state index contributed by atoms with van der Waals surface area (Å²) in [6, 6.07) is 8.12.